The zero-order chi connectivity index (χ0) is 25.8. The van der Waals surface area contributed by atoms with Crippen LogP contribution in [0.2, 0.25) is 0 Å². The molecule has 0 radical (unpaired) electrons. The summed E-state index contributed by atoms with van der Waals surface area (Å²) in [5.74, 6) is -0.00489. The Balaban J connectivity index is 1.94. The summed E-state index contributed by atoms with van der Waals surface area (Å²) < 4.78 is 47.9. The monoisotopic (exact) mass is 523 g/mol. The minimum Gasteiger partial charge on any atom is -0.340 e. The van der Waals surface area contributed by atoms with Crippen LogP contribution in [0.5, 0.6) is 0 Å². The lowest BCUT2D eigenvalue weighted by molar-refractivity contribution is 0.310. The third-order valence-electron chi connectivity index (χ3n) is 5.87. The first-order chi connectivity index (χ1) is 16.2. The van der Waals surface area contributed by atoms with Crippen molar-refractivity contribution in [1.29, 1.82) is 0 Å². The van der Waals surface area contributed by atoms with Gasteiger partial charge in [-0.05, 0) is 36.5 Å². The Hall–Kier alpha value is -2.82. The second-order valence-corrected chi connectivity index (χ2v) is 13.8. The SMILES string of the molecule is COP1(=O)NC(=c2c(=O)c3n(n(CCC(C)(C)C)c2=O)CCC=3)Nc2ccc(NS(C)(=O)=O)cc21. The van der Waals surface area contributed by atoms with Gasteiger partial charge < -0.3 is 9.84 Å². The highest BCUT2D eigenvalue weighted by atomic mass is 32.2. The average Bonchev–Trinajstić information content (AvgIpc) is 3.22. The van der Waals surface area contributed by atoms with Crippen molar-refractivity contribution in [3.8, 4) is 0 Å². The van der Waals surface area contributed by atoms with Crippen molar-refractivity contribution in [2.75, 3.05) is 23.4 Å². The maximum Gasteiger partial charge on any atom is 0.326 e. The normalized spacial score (nSPS) is 20.8. The molecule has 1 aromatic carbocycles. The lowest BCUT2D eigenvalue weighted by Crippen LogP contribution is -2.60. The highest BCUT2D eigenvalue weighted by Crippen LogP contribution is 2.47. The van der Waals surface area contributed by atoms with Gasteiger partial charge in [-0.1, -0.05) is 26.8 Å². The number of sulfonamides is 1. The molecule has 1 atom stereocenters. The van der Waals surface area contributed by atoms with Gasteiger partial charge in [-0.25, -0.2) is 13.1 Å². The molecule has 0 spiro atoms. The first-order valence-corrected chi connectivity index (χ1v) is 14.7. The van der Waals surface area contributed by atoms with E-state index in [1.165, 1.54) is 25.3 Å². The molecule has 1 aromatic heterocycles. The Morgan fingerprint density at radius 3 is 2.57 bits per heavy atom. The molecule has 0 fully saturated rings. The maximum absolute atomic E-state index is 13.7. The van der Waals surface area contributed by atoms with Crippen molar-refractivity contribution < 1.29 is 17.5 Å². The number of nitrogens with one attached hydrogen (secondary N) is 3. The lowest BCUT2D eigenvalue weighted by atomic mass is 9.92. The molecule has 3 heterocycles. The van der Waals surface area contributed by atoms with Crippen molar-refractivity contribution in [1.82, 2.24) is 14.5 Å². The van der Waals surface area contributed by atoms with Crippen LogP contribution in [0.1, 0.15) is 33.6 Å². The van der Waals surface area contributed by atoms with Crippen molar-refractivity contribution in [2.45, 2.75) is 46.7 Å². The number of rotatable bonds is 5. The molecule has 13 heteroatoms. The van der Waals surface area contributed by atoms with E-state index in [-0.39, 0.29) is 27.4 Å². The van der Waals surface area contributed by atoms with Gasteiger partial charge in [0.25, 0.3) is 5.56 Å². The van der Waals surface area contributed by atoms with Gasteiger partial charge in [-0.3, -0.25) is 28.6 Å². The molecular formula is C22H30N5O6PS. The fourth-order valence-corrected chi connectivity index (χ4v) is 6.33. The highest BCUT2D eigenvalue weighted by Gasteiger charge is 2.35. The molecule has 0 saturated heterocycles. The largest absolute Gasteiger partial charge is 0.340 e. The Morgan fingerprint density at radius 2 is 1.94 bits per heavy atom. The summed E-state index contributed by atoms with van der Waals surface area (Å²) >= 11 is 0. The van der Waals surface area contributed by atoms with Gasteiger partial charge in [0.05, 0.1) is 17.2 Å². The van der Waals surface area contributed by atoms with Gasteiger partial charge >= 0.3 is 7.52 Å². The number of nitrogens with zero attached hydrogens (tertiary/aromatic N) is 2. The summed E-state index contributed by atoms with van der Waals surface area (Å²) in [6.07, 6.45) is 4.17. The second kappa shape index (κ2) is 8.69. The van der Waals surface area contributed by atoms with Crippen molar-refractivity contribution in [3.63, 3.8) is 0 Å². The van der Waals surface area contributed by atoms with E-state index in [0.717, 1.165) is 12.7 Å². The Labute approximate surface area is 203 Å². The molecule has 35 heavy (non-hydrogen) atoms. The van der Waals surface area contributed by atoms with E-state index in [1.807, 2.05) is 0 Å². The van der Waals surface area contributed by atoms with Crippen molar-refractivity contribution >= 4 is 46.1 Å². The Morgan fingerprint density at radius 1 is 1.23 bits per heavy atom. The van der Waals surface area contributed by atoms with E-state index in [9.17, 15) is 22.6 Å². The van der Waals surface area contributed by atoms with Crippen LogP contribution in [0.3, 0.4) is 0 Å². The van der Waals surface area contributed by atoms with Crippen LogP contribution in [-0.4, -0.2) is 31.1 Å². The summed E-state index contributed by atoms with van der Waals surface area (Å²) in [7, 11) is -6.12. The van der Waals surface area contributed by atoms with Crippen LogP contribution >= 0.6 is 7.52 Å². The van der Waals surface area contributed by atoms with Crippen LogP contribution in [-0.2, 0) is 32.2 Å². The summed E-state index contributed by atoms with van der Waals surface area (Å²) in [6.45, 7) is 7.19. The van der Waals surface area contributed by atoms with E-state index in [1.54, 1.807) is 15.4 Å². The summed E-state index contributed by atoms with van der Waals surface area (Å²) in [4.78, 5) is 27.0. The number of anilines is 2. The fraction of sp³-hybridized carbons (Fsp3) is 0.455. The van der Waals surface area contributed by atoms with Crippen molar-refractivity contribution in [2.24, 2.45) is 5.41 Å². The average molecular weight is 524 g/mol. The van der Waals surface area contributed by atoms with Gasteiger partial charge in [0, 0.05) is 25.9 Å². The molecule has 0 amide bonds. The van der Waals surface area contributed by atoms with E-state index in [0.29, 0.717) is 30.5 Å². The smallest absolute Gasteiger partial charge is 0.326 e. The van der Waals surface area contributed by atoms with Crippen LogP contribution < -0.4 is 42.0 Å². The van der Waals surface area contributed by atoms with Crippen LogP contribution in [0.25, 0.3) is 11.9 Å². The molecule has 190 valence electrons. The summed E-state index contributed by atoms with van der Waals surface area (Å²) in [5.41, 5.74) is -0.443. The summed E-state index contributed by atoms with van der Waals surface area (Å²) in [6, 6.07) is 4.40. The van der Waals surface area contributed by atoms with Gasteiger partial charge in [0.2, 0.25) is 15.5 Å². The predicted octanol–water partition coefficient (Wildman–Crippen LogP) is 0.248. The van der Waals surface area contributed by atoms with Crippen LogP contribution in [0.4, 0.5) is 11.4 Å². The number of benzene rings is 1. The lowest BCUT2D eigenvalue weighted by Gasteiger charge is -2.29. The summed E-state index contributed by atoms with van der Waals surface area (Å²) in [5, 5.41) is 6.19. The highest BCUT2D eigenvalue weighted by molar-refractivity contribution is 7.92. The molecule has 2 aliphatic heterocycles. The Bertz CT molecular complexity index is 1600. The zero-order valence-corrected chi connectivity index (χ0v) is 22.0. The fourth-order valence-electron chi connectivity index (χ4n) is 4.15. The van der Waals surface area contributed by atoms with E-state index >= 15 is 0 Å². The predicted molar refractivity (Wildman–Crippen MR) is 137 cm³/mol. The molecule has 11 nitrogen and oxygen atoms in total. The topological polar surface area (TPSA) is 141 Å². The van der Waals surface area contributed by atoms with Gasteiger partial charge in [-0.2, -0.15) is 0 Å². The minimum absolute atomic E-state index is 0.00489. The van der Waals surface area contributed by atoms with Gasteiger partial charge in [0.15, 0.2) is 0 Å². The van der Waals surface area contributed by atoms with Gasteiger partial charge in [0.1, 0.15) is 16.4 Å². The standard InChI is InChI=1S/C22H30N5O6PS/c1-22(2,3)10-12-27-21(29)18(19(28)16-7-6-11-26(16)27)20-23-15-9-8-14(25-35(5,31)32)13-17(15)34(30,24-20)33-4/h7-9,13,23,25H,6,10-12H2,1-5H3,(H,24,30). The van der Waals surface area contributed by atoms with Crippen molar-refractivity contribution in [3.05, 3.63) is 49.3 Å². The number of fused-ring (bicyclic) bond motifs is 2. The molecule has 0 saturated carbocycles. The quantitative estimate of drug-likeness (QED) is 0.474. The molecule has 3 N–H and O–H groups in total. The molecule has 2 aromatic rings. The third-order valence-corrected chi connectivity index (χ3v) is 8.52. The zero-order valence-electron chi connectivity index (χ0n) is 20.3. The van der Waals surface area contributed by atoms with Crippen LogP contribution in [0.15, 0.2) is 27.8 Å². The Kier molecular flexibility index (Phi) is 6.27. The number of hydrogen-bond donors (Lipinski definition) is 3. The molecule has 4 rings (SSSR count). The molecule has 0 bridgehead atoms. The number of aromatic nitrogens is 2. The third kappa shape index (κ3) is 4.96. The minimum atomic E-state index is -3.80. The molecular weight excluding hydrogens is 493 g/mol. The molecule has 1 unspecified atom stereocenters. The number of hydrogen-bond acceptors (Lipinski definition) is 7. The molecule has 0 aliphatic carbocycles. The van der Waals surface area contributed by atoms with E-state index < -0.39 is 28.5 Å². The van der Waals surface area contributed by atoms with Crippen LogP contribution in [0, 0.1) is 5.41 Å². The second-order valence-electron chi connectivity index (χ2n) is 9.90. The first-order valence-electron chi connectivity index (χ1n) is 11.1. The van der Waals surface area contributed by atoms with E-state index in [2.05, 4.69) is 35.9 Å². The molecule has 2 aliphatic rings. The van der Waals surface area contributed by atoms with E-state index in [4.69, 9.17) is 4.52 Å². The van der Waals surface area contributed by atoms with Gasteiger partial charge in [-0.15, -0.1) is 0 Å². The first kappa shape index (κ1) is 25.3. The maximum atomic E-state index is 13.7.